The summed E-state index contributed by atoms with van der Waals surface area (Å²) in [4.78, 5) is 20.0. The standard InChI is InChI=1S/C14H21FN4O/c1-3-10(2)18-6-8-19(9-7-18)14(20)11-4-5-17-13(16)12(11)15/h4-5,10H,3,6-9H2,1-2H3,(H2,16,17). The number of piperazine rings is 1. The van der Waals surface area contributed by atoms with Crippen LogP contribution < -0.4 is 5.73 Å². The van der Waals surface area contributed by atoms with Gasteiger partial charge in [-0.25, -0.2) is 9.37 Å². The van der Waals surface area contributed by atoms with E-state index in [0.717, 1.165) is 19.5 Å². The van der Waals surface area contributed by atoms with Crippen LogP contribution in [0.2, 0.25) is 0 Å². The zero-order valence-electron chi connectivity index (χ0n) is 12.0. The van der Waals surface area contributed by atoms with Crippen molar-refractivity contribution in [1.82, 2.24) is 14.8 Å². The Morgan fingerprint density at radius 2 is 2.10 bits per heavy atom. The number of pyridine rings is 1. The van der Waals surface area contributed by atoms with Crippen molar-refractivity contribution in [2.24, 2.45) is 0 Å². The van der Waals surface area contributed by atoms with Crippen LogP contribution in [-0.4, -0.2) is 52.9 Å². The van der Waals surface area contributed by atoms with Gasteiger partial charge in [0.1, 0.15) is 0 Å². The predicted octanol–water partition coefficient (Wildman–Crippen LogP) is 1.36. The van der Waals surface area contributed by atoms with Crippen LogP contribution in [0.4, 0.5) is 10.2 Å². The molecule has 20 heavy (non-hydrogen) atoms. The highest BCUT2D eigenvalue weighted by atomic mass is 19.1. The second kappa shape index (κ2) is 6.17. The van der Waals surface area contributed by atoms with Crippen molar-refractivity contribution in [3.8, 4) is 0 Å². The summed E-state index contributed by atoms with van der Waals surface area (Å²) in [5.74, 6) is -1.25. The van der Waals surface area contributed by atoms with E-state index in [1.54, 1.807) is 4.90 Å². The van der Waals surface area contributed by atoms with E-state index in [1.165, 1.54) is 12.3 Å². The van der Waals surface area contributed by atoms with Crippen LogP contribution in [0.1, 0.15) is 30.6 Å². The maximum absolute atomic E-state index is 13.8. The Morgan fingerprint density at radius 1 is 1.45 bits per heavy atom. The molecule has 1 saturated heterocycles. The Morgan fingerprint density at radius 3 is 2.70 bits per heavy atom. The average molecular weight is 280 g/mol. The van der Waals surface area contributed by atoms with Crippen molar-refractivity contribution in [2.75, 3.05) is 31.9 Å². The second-order valence-electron chi connectivity index (χ2n) is 5.14. The van der Waals surface area contributed by atoms with Crippen LogP contribution in [0.15, 0.2) is 12.3 Å². The SMILES string of the molecule is CCC(C)N1CCN(C(=O)c2ccnc(N)c2F)CC1. The van der Waals surface area contributed by atoms with E-state index in [4.69, 9.17) is 5.73 Å². The van der Waals surface area contributed by atoms with Crippen LogP contribution in [0.3, 0.4) is 0 Å². The summed E-state index contributed by atoms with van der Waals surface area (Å²) in [5.41, 5.74) is 5.41. The van der Waals surface area contributed by atoms with E-state index in [0.29, 0.717) is 19.1 Å². The molecule has 2 N–H and O–H groups in total. The summed E-state index contributed by atoms with van der Waals surface area (Å²) < 4.78 is 13.8. The minimum absolute atomic E-state index is 0.00879. The molecule has 2 rings (SSSR count). The second-order valence-corrected chi connectivity index (χ2v) is 5.14. The van der Waals surface area contributed by atoms with E-state index in [9.17, 15) is 9.18 Å². The fourth-order valence-electron chi connectivity index (χ4n) is 2.42. The first-order valence-electron chi connectivity index (χ1n) is 6.98. The molecule has 5 nitrogen and oxygen atoms in total. The van der Waals surface area contributed by atoms with Gasteiger partial charge in [-0.05, 0) is 19.4 Å². The van der Waals surface area contributed by atoms with Crippen molar-refractivity contribution >= 4 is 11.7 Å². The summed E-state index contributed by atoms with van der Waals surface area (Å²) in [7, 11) is 0. The highest BCUT2D eigenvalue weighted by Crippen LogP contribution is 2.16. The molecule has 1 aliphatic rings. The van der Waals surface area contributed by atoms with Gasteiger partial charge < -0.3 is 10.6 Å². The highest BCUT2D eigenvalue weighted by Gasteiger charge is 2.26. The normalized spacial score (nSPS) is 18.1. The molecule has 1 fully saturated rings. The van der Waals surface area contributed by atoms with Gasteiger partial charge in [0, 0.05) is 38.4 Å². The third kappa shape index (κ3) is 2.90. The van der Waals surface area contributed by atoms with Crippen LogP contribution in [0, 0.1) is 5.82 Å². The van der Waals surface area contributed by atoms with E-state index < -0.39 is 5.82 Å². The van der Waals surface area contributed by atoms with Gasteiger partial charge in [-0.3, -0.25) is 9.69 Å². The molecule has 6 heteroatoms. The number of carbonyl (C=O) groups is 1. The molecule has 0 aliphatic carbocycles. The summed E-state index contributed by atoms with van der Waals surface area (Å²) in [6.45, 7) is 7.21. The molecule has 0 aromatic carbocycles. The van der Waals surface area contributed by atoms with Crippen LogP contribution in [0.5, 0.6) is 0 Å². The molecule has 1 atom stereocenters. The molecule has 0 saturated carbocycles. The minimum Gasteiger partial charge on any atom is -0.381 e. The number of nitrogens with two attached hydrogens (primary N) is 1. The lowest BCUT2D eigenvalue weighted by molar-refractivity contribution is 0.0575. The number of halogens is 1. The fraction of sp³-hybridized carbons (Fsp3) is 0.571. The Bertz CT molecular complexity index is 486. The molecule has 1 aromatic heterocycles. The topological polar surface area (TPSA) is 62.5 Å². The number of aromatic nitrogens is 1. The number of hydrogen-bond acceptors (Lipinski definition) is 4. The number of rotatable bonds is 3. The Kier molecular flexibility index (Phi) is 4.54. The number of nitrogens with zero attached hydrogens (tertiary/aromatic N) is 3. The monoisotopic (exact) mass is 280 g/mol. The predicted molar refractivity (Wildman–Crippen MR) is 75.8 cm³/mol. The van der Waals surface area contributed by atoms with E-state index >= 15 is 0 Å². The van der Waals surface area contributed by atoms with Crippen molar-refractivity contribution in [2.45, 2.75) is 26.3 Å². The first-order valence-corrected chi connectivity index (χ1v) is 6.98. The lowest BCUT2D eigenvalue weighted by Crippen LogP contribution is -2.51. The molecule has 0 radical (unpaired) electrons. The summed E-state index contributed by atoms with van der Waals surface area (Å²) in [5, 5.41) is 0. The van der Waals surface area contributed by atoms with E-state index in [1.807, 2.05) is 0 Å². The molecule has 0 bridgehead atoms. The van der Waals surface area contributed by atoms with Gasteiger partial charge in [0.25, 0.3) is 5.91 Å². The number of carbonyl (C=O) groups excluding carboxylic acids is 1. The van der Waals surface area contributed by atoms with Gasteiger partial charge in [-0.2, -0.15) is 0 Å². The Labute approximate surface area is 118 Å². The largest absolute Gasteiger partial charge is 0.381 e. The number of nitrogen functional groups attached to an aromatic ring is 1. The van der Waals surface area contributed by atoms with Crippen LogP contribution >= 0.6 is 0 Å². The van der Waals surface area contributed by atoms with Crippen molar-refractivity contribution in [3.05, 3.63) is 23.6 Å². The summed E-state index contributed by atoms with van der Waals surface area (Å²) in [6, 6.07) is 1.90. The van der Waals surface area contributed by atoms with Gasteiger partial charge in [-0.15, -0.1) is 0 Å². The van der Waals surface area contributed by atoms with Gasteiger partial charge in [0.15, 0.2) is 11.6 Å². The van der Waals surface area contributed by atoms with Gasteiger partial charge in [0.05, 0.1) is 5.56 Å². The van der Waals surface area contributed by atoms with E-state index in [-0.39, 0.29) is 17.3 Å². The minimum atomic E-state index is -0.721. The van der Waals surface area contributed by atoms with Crippen molar-refractivity contribution in [1.29, 1.82) is 0 Å². The zero-order valence-corrected chi connectivity index (χ0v) is 12.0. The number of anilines is 1. The third-order valence-corrected chi connectivity index (χ3v) is 3.96. The number of hydrogen-bond donors (Lipinski definition) is 1. The quantitative estimate of drug-likeness (QED) is 0.908. The van der Waals surface area contributed by atoms with E-state index in [2.05, 4.69) is 23.7 Å². The Balaban J connectivity index is 2.03. The summed E-state index contributed by atoms with van der Waals surface area (Å²) in [6.07, 6.45) is 2.45. The summed E-state index contributed by atoms with van der Waals surface area (Å²) >= 11 is 0. The smallest absolute Gasteiger partial charge is 0.257 e. The molecule has 1 aromatic rings. The first-order chi connectivity index (χ1) is 9.54. The zero-order chi connectivity index (χ0) is 14.7. The molecule has 2 heterocycles. The third-order valence-electron chi connectivity index (χ3n) is 3.96. The average Bonchev–Trinajstić information content (AvgIpc) is 2.48. The van der Waals surface area contributed by atoms with Gasteiger partial charge in [-0.1, -0.05) is 6.92 Å². The molecule has 110 valence electrons. The number of amides is 1. The van der Waals surface area contributed by atoms with Crippen molar-refractivity contribution < 1.29 is 9.18 Å². The Hall–Kier alpha value is -1.69. The fourth-order valence-corrected chi connectivity index (χ4v) is 2.42. The maximum Gasteiger partial charge on any atom is 0.257 e. The molecular formula is C14H21FN4O. The van der Waals surface area contributed by atoms with Gasteiger partial charge >= 0.3 is 0 Å². The molecule has 0 spiro atoms. The molecular weight excluding hydrogens is 259 g/mol. The lowest BCUT2D eigenvalue weighted by atomic mass is 10.1. The lowest BCUT2D eigenvalue weighted by Gasteiger charge is -2.37. The first kappa shape index (κ1) is 14.7. The molecule has 1 unspecified atom stereocenters. The van der Waals surface area contributed by atoms with Gasteiger partial charge in [0.2, 0.25) is 0 Å². The highest BCUT2D eigenvalue weighted by molar-refractivity contribution is 5.95. The van der Waals surface area contributed by atoms with Crippen LogP contribution in [0.25, 0.3) is 0 Å². The van der Waals surface area contributed by atoms with Crippen LogP contribution in [-0.2, 0) is 0 Å². The van der Waals surface area contributed by atoms with Crippen molar-refractivity contribution in [3.63, 3.8) is 0 Å². The molecule has 1 amide bonds. The molecule has 1 aliphatic heterocycles. The maximum atomic E-state index is 13.8.